The Labute approximate surface area is 56.2 Å². The van der Waals surface area contributed by atoms with Crippen molar-refractivity contribution in [2.75, 3.05) is 39.3 Å². The topological polar surface area (TPSA) is 46.0 Å². The van der Waals surface area contributed by atoms with Gasteiger partial charge in [0.1, 0.15) is 0 Å². The zero-order valence-corrected chi connectivity index (χ0v) is 5.74. The third kappa shape index (κ3) is 5.76. The molecule has 2 aliphatic rings. The zero-order chi connectivity index (χ0) is 6.36. The molecule has 2 rings (SSSR count). The number of nitrogens with one attached hydrogen (secondary N) is 3. The van der Waals surface area contributed by atoms with Crippen LogP contribution in [0, 0.1) is 0 Å². The van der Waals surface area contributed by atoms with Gasteiger partial charge in [-0.05, 0) is 0 Å². The van der Waals surface area contributed by atoms with Crippen molar-refractivity contribution in [1.29, 1.82) is 0 Å². The molecular formula is C6H15N3. The zero-order valence-electron chi connectivity index (χ0n) is 5.74. The molecule has 2 aliphatic heterocycles. The van der Waals surface area contributed by atoms with Gasteiger partial charge in [-0.1, -0.05) is 0 Å². The maximum Gasteiger partial charge on any atom is 0.00772 e. The molecule has 9 heavy (non-hydrogen) atoms. The maximum atomic E-state index is 3.22. The molecule has 2 heterocycles. The molecule has 3 nitrogen and oxygen atoms in total. The summed E-state index contributed by atoms with van der Waals surface area (Å²) in [5.41, 5.74) is 0. The van der Waals surface area contributed by atoms with Crippen LogP contribution in [0.1, 0.15) is 0 Å². The van der Waals surface area contributed by atoms with Crippen LogP contribution in [0.15, 0.2) is 0 Å². The minimum Gasteiger partial charge on any atom is -0.314 e. The predicted molar refractivity (Wildman–Crippen MR) is 38.6 cm³/mol. The summed E-state index contributed by atoms with van der Waals surface area (Å²) in [6.45, 7) is 7.06. The lowest BCUT2D eigenvalue weighted by Gasteiger charge is -2.11. The highest BCUT2D eigenvalue weighted by Gasteiger charge is 1.91. The predicted octanol–water partition coefficient (Wildman–Crippen LogP) is -1.23. The van der Waals surface area contributed by atoms with Crippen molar-refractivity contribution in [1.82, 2.24) is 16.0 Å². The summed E-state index contributed by atoms with van der Waals surface area (Å²) in [5.74, 6) is 0. The third-order valence-corrected chi connectivity index (χ3v) is 1.21. The standard InChI is InChI=1S/C4H10N2.C2H5N/c1-2-6-4-3-5-1;1-2-3-1/h5-6H,1-4H2;3H,1-2H2. The molecule has 0 bridgehead atoms. The first-order chi connectivity index (χ1) is 4.50. The monoisotopic (exact) mass is 129 g/mol. The van der Waals surface area contributed by atoms with Crippen LogP contribution in [0.5, 0.6) is 0 Å². The van der Waals surface area contributed by atoms with E-state index in [9.17, 15) is 0 Å². The van der Waals surface area contributed by atoms with Gasteiger partial charge >= 0.3 is 0 Å². The van der Waals surface area contributed by atoms with Gasteiger partial charge in [-0.3, -0.25) is 0 Å². The van der Waals surface area contributed by atoms with Gasteiger partial charge in [-0.15, -0.1) is 0 Å². The molecule has 54 valence electrons. The molecule has 0 atom stereocenters. The van der Waals surface area contributed by atoms with Gasteiger partial charge in [0.05, 0.1) is 0 Å². The molecule has 3 N–H and O–H groups in total. The van der Waals surface area contributed by atoms with E-state index in [1.165, 1.54) is 13.1 Å². The Morgan fingerprint density at radius 1 is 0.444 bits per heavy atom. The summed E-state index contributed by atoms with van der Waals surface area (Å²) in [6.07, 6.45) is 0. The van der Waals surface area contributed by atoms with Crippen LogP contribution in [0.3, 0.4) is 0 Å². The van der Waals surface area contributed by atoms with Crippen molar-refractivity contribution < 1.29 is 0 Å². The van der Waals surface area contributed by atoms with E-state index >= 15 is 0 Å². The van der Waals surface area contributed by atoms with Crippen LogP contribution in [-0.4, -0.2) is 39.3 Å². The molecule has 3 heteroatoms. The number of hydrogen-bond acceptors (Lipinski definition) is 3. The highest BCUT2D eigenvalue weighted by Crippen LogP contribution is 1.65. The first kappa shape index (κ1) is 6.99. The summed E-state index contributed by atoms with van der Waals surface area (Å²) in [4.78, 5) is 0. The minimum absolute atomic E-state index is 1.14. The van der Waals surface area contributed by atoms with Gasteiger partial charge in [0.15, 0.2) is 0 Å². The van der Waals surface area contributed by atoms with Gasteiger partial charge in [-0.25, -0.2) is 0 Å². The average molecular weight is 129 g/mol. The van der Waals surface area contributed by atoms with Gasteiger partial charge < -0.3 is 16.0 Å². The third-order valence-electron chi connectivity index (χ3n) is 1.21. The first-order valence-electron chi connectivity index (χ1n) is 3.62. The second-order valence-corrected chi connectivity index (χ2v) is 2.25. The first-order valence-corrected chi connectivity index (χ1v) is 3.62. The molecule has 0 aliphatic carbocycles. The van der Waals surface area contributed by atoms with Crippen molar-refractivity contribution in [2.45, 2.75) is 0 Å². The van der Waals surface area contributed by atoms with Crippen molar-refractivity contribution in [2.24, 2.45) is 0 Å². The second-order valence-electron chi connectivity index (χ2n) is 2.25. The van der Waals surface area contributed by atoms with Crippen LogP contribution in [0.25, 0.3) is 0 Å². The molecule has 0 aromatic carbocycles. The Bertz CT molecular complexity index is 45.1. The van der Waals surface area contributed by atoms with E-state index in [1.807, 2.05) is 0 Å². The van der Waals surface area contributed by atoms with Gasteiger partial charge in [0.2, 0.25) is 0 Å². The lowest BCUT2D eigenvalue weighted by Crippen LogP contribution is -2.39. The summed E-state index contributed by atoms with van der Waals surface area (Å²) >= 11 is 0. The number of rotatable bonds is 0. The fraction of sp³-hybridized carbons (Fsp3) is 1.00. The van der Waals surface area contributed by atoms with Crippen LogP contribution < -0.4 is 16.0 Å². The van der Waals surface area contributed by atoms with Gasteiger partial charge in [0, 0.05) is 39.3 Å². The highest BCUT2D eigenvalue weighted by molar-refractivity contribution is 4.59. The molecule has 0 amide bonds. The summed E-state index contributed by atoms with van der Waals surface area (Å²) in [6, 6.07) is 0. The van der Waals surface area contributed by atoms with Crippen LogP contribution in [0.2, 0.25) is 0 Å². The van der Waals surface area contributed by atoms with E-state index in [-0.39, 0.29) is 0 Å². The van der Waals surface area contributed by atoms with Crippen molar-refractivity contribution in [3.8, 4) is 0 Å². The summed E-state index contributed by atoms with van der Waals surface area (Å²) < 4.78 is 0. The number of piperazine rings is 1. The fourth-order valence-corrected chi connectivity index (χ4v) is 0.604. The van der Waals surface area contributed by atoms with Crippen molar-refractivity contribution in [3.05, 3.63) is 0 Å². The van der Waals surface area contributed by atoms with E-state index in [1.54, 1.807) is 0 Å². The van der Waals surface area contributed by atoms with Crippen LogP contribution in [0.4, 0.5) is 0 Å². The number of hydrogen-bond donors (Lipinski definition) is 3. The molecule has 2 saturated heterocycles. The molecule has 0 saturated carbocycles. The van der Waals surface area contributed by atoms with Crippen molar-refractivity contribution in [3.63, 3.8) is 0 Å². The molecule has 0 unspecified atom stereocenters. The molecule has 2 fully saturated rings. The van der Waals surface area contributed by atoms with Crippen molar-refractivity contribution >= 4 is 0 Å². The largest absolute Gasteiger partial charge is 0.314 e. The molecular weight excluding hydrogens is 114 g/mol. The smallest absolute Gasteiger partial charge is 0.00772 e. The lowest BCUT2D eigenvalue weighted by molar-refractivity contribution is 0.534. The maximum absolute atomic E-state index is 3.22. The fourth-order valence-electron chi connectivity index (χ4n) is 0.604. The minimum atomic E-state index is 1.14. The Kier molecular flexibility index (Phi) is 3.68. The molecule has 0 aromatic heterocycles. The molecule has 0 spiro atoms. The van der Waals surface area contributed by atoms with Gasteiger partial charge in [-0.2, -0.15) is 0 Å². The van der Waals surface area contributed by atoms with E-state index in [0.29, 0.717) is 0 Å². The second kappa shape index (κ2) is 4.73. The molecule has 0 aromatic rings. The van der Waals surface area contributed by atoms with Gasteiger partial charge in [0.25, 0.3) is 0 Å². The lowest BCUT2D eigenvalue weighted by atomic mass is 10.4. The Morgan fingerprint density at radius 3 is 0.778 bits per heavy atom. The normalized spacial score (nSPS) is 24.0. The van der Waals surface area contributed by atoms with E-state index in [0.717, 1.165) is 26.2 Å². The summed E-state index contributed by atoms with van der Waals surface area (Å²) in [7, 11) is 0. The Morgan fingerprint density at radius 2 is 0.667 bits per heavy atom. The molecule has 0 radical (unpaired) electrons. The summed E-state index contributed by atoms with van der Waals surface area (Å²) in [5, 5.41) is 9.44. The van der Waals surface area contributed by atoms with E-state index in [2.05, 4.69) is 16.0 Å². The SMILES string of the molecule is C1CN1.C1CNCCN1. The average Bonchev–Trinajstić information content (AvgIpc) is 2.76. The van der Waals surface area contributed by atoms with E-state index in [4.69, 9.17) is 0 Å². The Balaban J connectivity index is 0.000000112. The quantitative estimate of drug-likeness (QED) is 0.359. The van der Waals surface area contributed by atoms with Crippen LogP contribution >= 0.6 is 0 Å². The highest BCUT2D eigenvalue weighted by atomic mass is 15.0. The van der Waals surface area contributed by atoms with E-state index < -0.39 is 0 Å². The Hall–Kier alpha value is -0.120. The van der Waals surface area contributed by atoms with Crippen LogP contribution in [-0.2, 0) is 0 Å².